The highest BCUT2D eigenvalue weighted by atomic mass is 32.2. The average molecular weight is 504 g/mol. The van der Waals surface area contributed by atoms with E-state index in [0.717, 1.165) is 30.6 Å². The molecular weight excluding hydrogens is 478 g/mol. The number of ether oxygens (including phenoxy) is 1. The van der Waals surface area contributed by atoms with Gasteiger partial charge in [-0.2, -0.15) is 0 Å². The van der Waals surface area contributed by atoms with Crippen molar-refractivity contribution in [2.24, 2.45) is 5.92 Å². The summed E-state index contributed by atoms with van der Waals surface area (Å²) in [7, 11) is 0. The van der Waals surface area contributed by atoms with Crippen LogP contribution in [0.4, 0.5) is 0 Å². The fourth-order valence-electron chi connectivity index (χ4n) is 4.91. The van der Waals surface area contributed by atoms with Crippen molar-refractivity contribution in [3.05, 3.63) is 38.3 Å². The second-order valence-corrected chi connectivity index (χ2v) is 10.7. The van der Waals surface area contributed by atoms with E-state index in [1.807, 2.05) is 0 Å². The van der Waals surface area contributed by atoms with Crippen LogP contribution < -0.4 is 14.9 Å². The summed E-state index contributed by atoms with van der Waals surface area (Å²) in [5, 5.41) is 12.4. The molecular formula is C23H25N3O6S2. The number of thiazole rings is 1. The number of aromatic hydroxyl groups is 1. The maximum absolute atomic E-state index is 13.1. The third-order valence-electron chi connectivity index (χ3n) is 6.53. The first kappa shape index (κ1) is 23.0. The third kappa shape index (κ3) is 3.90. The predicted molar refractivity (Wildman–Crippen MR) is 126 cm³/mol. The van der Waals surface area contributed by atoms with Gasteiger partial charge in [0.15, 0.2) is 11.5 Å². The van der Waals surface area contributed by atoms with Crippen molar-refractivity contribution < 1.29 is 24.2 Å². The molecule has 3 aliphatic rings. The SMILES string of the molecule is CCOc1cc([C@@H]2c3sc(=O)n(CC(=O)N4CCCCC4)c3S[C@@H]3C(=O)NC(=O)[C@H]23)ccc1O. The second-order valence-electron chi connectivity index (χ2n) is 8.62. The van der Waals surface area contributed by atoms with Gasteiger partial charge in [0.25, 0.3) is 0 Å². The van der Waals surface area contributed by atoms with Crippen LogP contribution >= 0.6 is 23.1 Å². The number of rotatable bonds is 5. The minimum absolute atomic E-state index is 0.0302. The molecule has 11 heteroatoms. The van der Waals surface area contributed by atoms with Crippen LogP contribution in [0.3, 0.4) is 0 Å². The summed E-state index contributed by atoms with van der Waals surface area (Å²) >= 11 is 2.19. The Morgan fingerprint density at radius 3 is 2.68 bits per heavy atom. The van der Waals surface area contributed by atoms with Crippen LogP contribution in [0.25, 0.3) is 0 Å². The van der Waals surface area contributed by atoms with Gasteiger partial charge in [-0.15, -0.1) is 0 Å². The molecule has 3 amide bonds. The van der Waals surface area contributed by atoms with E-state index in [1.165, 1.54) is 22.4 Å². The number of hydrogen-bond donors (Lipinski definition) is 2. The number of benzene rings is 1. The van der Waals surface area contributed by atoms with E-state index in [9.17, 15) is 24.3 Å². The number of phenolic OH excluding ortho intramolecular Hbond substituents is 1. The summed E-state index contributed by atoms with van der Waals surface area (Å²) in [5.74, 6) is -1.93. The molecule has 2 fully saturated rings. The van der Waals surface area contributed by atoms with Crippen molar-refractivity contribution in [3.8, 4) is 11.5 Å². The Labute approximate surface area is 204 Å². The summed E-state index contributed by atoms with van der Waals surface area (Å²) in [4.78, 5) is 53.6. The first-order valence-electron chi connectivity index (χ1n) is 11.4. The van der Waals surface area contributed by atoms with Crippen molar-refractivity contribution >= 4 is 40.8 Å². The van der Waals surface area contributed by atoms with E-state index in [2.05, 4.69) is 5.32 Å². The fraction of sp³-hybridized carbons (Fsp3) is 0.478. The van der Waals surface area contributed by atoms with Crippen LogP contribution in [-0.2, 0) is 20.9 Å². The highest BCUT2D eigenvalue weighted by Crippen LogP contribution is 2.52. The molecule has 180 valence electrons. The maximum Gasteiger partial charge on any atom is 0.308 e. The molecule has 0 saturated carbocycles. The number of aromatic nitrogens is 1. The lowest BCUT2D eigenvalue weighted by Crippen LogP contribution is -2.39. The van der Waals surface area contributed by atoms with Crippen molar-refractivity contribution in [2.75, 3.05) is 19.7 Å². The van der Waals surface area contributed by atoms with E-state index < -0.39 is 23.0 Å². The molecule has 9 nitrogen and oxygen atoms in total. The molecule has 34 heavy (non-hydrogen) atoms. The van der Waals surface area contributed by atoms with Gasteiger partial charge in [0.05, 0.1) is 17.6 Å². The van der Waals surface area contributed by atoms with Crippen LogP contribution in [0, 0.1) is 5.92 Å². The number of nitrogens with one attached hydrogen (secondary N) is 1. The van der Waals surface area contributed by atoms with Crippen LogP contribution in [0.5, 0.6) is 11.5 Å². The number of fused-ring (bicyclic) bond motifs is 2. The zero-order chi connectivity index (χ0) is 24.0. The monoisotopic (exact) mass is 503 g/mol. The van der Waals surface area contributed by atoms with Crippen molar-refractivity contribution in [1.82, 2.24) is 14.8 Å². The van der Waals surface area contributed by atoms with Crippen LogP contribution in [0.15, 0.2) is 28.0 Å². The van der Waals surface area contributed by atoms with Gasteiger partial charge < -0.3 is 14.7 Å². The highest BCUT2D eigenvalue weighted by Gasteiger charge is 2.53. The van der Waals surface area contributed by atoms with E-state index >= 15 is 0 Å². The molecule has 0 spiro atoms. The van der Waals surface area contributed by atoms with Gasteiger partial charge in [0.1, 0.15) is 11.8 Å². The first-order chi connectivity index (χ1) is 16.4. The number of hydrogen-bond acceptors (Lipinski definition) is 8. The minimum Gasteiger partial charge on any atom is -0.504 e. The van der Waals surface area contributed by atoms with E-state index in [0.29, 0.717) is 35.2 Å². The Balaban J connectivity index is 1.58. The molecule has 0 bridgehead atoms. The molecule has 2 N–H and O–H groups in total. The summed E-state index contributed by atoms with van der Waals surface area (Å²) in [6.07, 6.45) is 3.00. The number of thioether (sulfide) groups is 1. The molecule has 4 heterocycles. The number of phenols is 1. The smallest absolute Gasteiger partial charge is 0.308 e. The van der Waals surface area contributed by atoms with E-state index in [4.69, 9.17) is 4.74 Å². The molecule has 1 aromatic heterocycles. The standard InChI is InChI=1S/C23H25N3O6S2/c1-2-32-14-10-12(6-7-13(14)27)16-17-18(21(30)24-20(17)29)33-22-19(16)34-23(31)26(22)11-15(28)25-8-4-3-5-9-25/h6-7,10,16-18,27H,2-5,8-9,11H2,1H3,(H,24,29,30)/t16-,17+,18-/m0/s1. The van der Waals surface area contributed by atoms with Crippen LogP contribution in [-0.4, -0.2) is 57.2 Å². The van der Waals surface area contributed by atoms with Crippen molar-refractivity contribution in [3.63, 3.8) is 0 Å². The number of imide groups is 1. The molecule has 2 saturated heterocycles. The number of carbonyl (C=O) groups excluding carboxylic acids is 3. The number of nitrogens with zero attached hydrogens (tertiary/aromatic N) is 2. The zero-order valence-electron chi connectivity index (χ0n) is 18.6. The van der Waals surface area contributed by atoms with E-state index in [1.54, 1.807) is 24.0 Å². The topological polar surface area (TPSA) is 118 Å². The minimum atomic E-state index is -0.709. The molecule has 0 aliphatic carbocycles. The Hall–Kier alpha value is -2.79. The summed E-state index contributed by atoms with van der Waals surface area (Å²) < 4.78 is 6.98. The van der Waals surface area contributed by atoms with Gasteiger partial charge in [-0.1, -0.05) is 29.2 Å². The molecule has 5 rings (SSSR count). The summed E-state index contributed by atoms with van der Waals surface area (Å²) in [6.45, 7) is 3.43. The van der Waals surface area contributed by atoms with E-state index in [-0.39, 0.29) is 34.7 Å². The Kier molecular flexibility index (Phi) is 6.15. The number of amides is 3. The summed E-state index contributed by atoms with van der Waals surface area (Å²) in [5.41, 5.74) is 0.665. The number of carbonyl (C=O) groups is 3. The average Bonchev–Trinajstić information content (AvgIpc) is 3.29. The molecule has 1 aromatic carbocycles. The molecule has 0 radical (unpaired) electrons. The quantitative estimate of drug-likeness (QED) is 0.599. The largest absolute Gasteiger partial charge is 0.504 e. The maximum atomic E-state index is 13.1. The number of likely N-dealkylation sites (tertiary alicyclic amines) is 1. The third-order valence-corrected chi connectivity index (χ3v) is 9.15. The second kappa shape index (κ2) is 9.10. The lowest BCUT2D eigenvalue weighted by atomic mass is 9.83. The molecule has 2 aromatic rings. The zero-order valence-corrected chi connectivity index (χ0v) is 20.2. The molecule has 0 unspecified atom stereocenters. The normalized spacial score (nSPS) is 23.9. The summed E-state index contributed by atoms with van der Waals surface area (Å²) in [6, 6.07) is 4.83. The fourth-order valence-corrected chi connectivity index (χ4v) is 7.65. The number of piperidine rings is 1. The lowest BCUT2D eigenvalue weighted by Gasteiger charge is -2.31. The van der Waals surface area contributed by atoms with Gasteiger partial charge in [0.2, 0.25) is 17.7 Å². The van der Waals surface area contributed by atoms with Crippen LogP contribution in [0.2, 0.25) is 0 Å². The van der Waals surface area contributed by atoms with Crippen LogP contribution in [0.1, 0.15) is 42.5 Å². The van der Waals surface area contributed by atoms with Gasteiger partial charge in [-0.05, 0) is 43.9 Å². The highest BCUT2D eigenvalue weighted by molar-refractivity contribution is 8.00. The Bertz CT molecular complexity index is 1220. The molecule has 3 aliphatic heterocycles. The van der Waals surface area contributed by atoms with Gasteiger partial charge in [-0.25, -0.2) is 0 Å². The molecule has 3 atom stereocenters. The van der Waals surface area contributed by atoms with Crippen molar-refractivity contribution in [2.45, 2.75) is 48.9 Å². The Morgan fingerprint density at radius 2 is 1.94 bits per heavy atom. The first-order valence-corrected chi connectivity index (χ1v) is 13.1. The predicted octanol–water partition coefficient (Wildman–Crippen LogP) is 1.91. The van der Waals surface area contributed by atoms with Crippen molar-refractivity contribution in [1.29, 1.82) is 0 Å². The van der Waals surface area contributed by atoms with Gasteiger partial charge in [-0.3, -0.25) is 29.1 Å². The van der Waals surface area contributed by atoms with Gasteiger partial charge in [0, 0.05) is 23.9 Å². The lowest BCUT2D eigenvalue weighted by molar-refractivity contribution is -0.133. The van der Waals surface area contributed by atoms with Gasteiger partial charge >= 0.3 is 4.87 Å². The Morgan fingerprint density at radius 1 is 1.18 bits per heavy atom.